The third kappa shape index (κ3) is 4.72. The number of para-hydroxylation sites is 1. The van der Waals surface area contributed by atoms with Crippen LogP contribution in [0.15, 0.2) is 54.7 Å². The Kier molecular flexibility index (Phi) is 5.00. The number of hydrogen-bond donors (Lipinski definition) is 2. The molecule has 0 aliphatic carbocycles. The zero-order chi connectivity index (χ0) is 16.2. The van der Waals surface area contributed by atoms with E-state index >= 15 is 0 Å². The second-order valence-electron chi connectivity index (χ2n) is 4.72. The van der Waals surface area contributed by atoms with Crippen molar-refractivity contribution in [2.75, 3.05) is 0 Å². The van der Waals surface area contributed by atoms with Gasteiger partial charge in [-0.25, -0.2) is 0 Å². The largest absolute Gasteiger partial charge is 0.780 e. The molecule has 0 aliphatic rings. The summed E-state index contributed by atoms with van der Waals surface area (Å²) in [6, 6.07) is 15.1. The number of hydrogen-bond acceptors (Lipinski definition) is 4. The first kappa shape index (κ1) is 16.3. The van der Waals surface area contributed by atoms with E-state index in [1.54, 1.807) is 24.3 Å². The standard InChI is InChI=1S/C8H8NO4P.C7H9N/c10-14(11,12)13-8-5-9-7-4-2-1-3-6(7)8;1-6-2-4-7(8)5-3-6/h1-5,9H,(H2,10,11,12);2-5H,8H2,1H3/p-1. The monoisotopic (exact) mass is 319 g/mol. The predicted octanol–water partition coefficient (Wildman–Crippen LogP) is 1.24. The maximum absolute atomic E-state index is 10.4. The third-order valence-corrected chi connectivity index (χ3v) is 3.30. The van der Waals surface area contributed by atoms with Crippen LogP contribution in [0.2, 0.25) is 0 Å². The molecular formula is C15H16N2O4P-. The van der Waals surface area contributed by atoms with Gasteiger partial charge in [0.05, 0.1) is 0 Å². The number of benzene rings is 2. The Bertz CT molecular complexity index is 772. The molecule has 22 heavy (non-hydrogen) atoms. The fraction of sp³-hybridized carbons (Fsp3) is 0.0667. The van der Waals surface area contributed by atoms with Gasteiger partial charge in [0.2, 0.25) is 0 Å². The highest BCUT2D eigenvalue weighted by Gasteiger charge is 2.04. The quantitative estimate of drug-likeness (QED) is 0.691. The predicted molar refractivity (Wildman–Crippen MR) is 80.3 cm³/mol. The average molecular weight is 319 g/mol. The number of aromatic nitrogens is 1. The van der Waals surface area contributed by atoms with Gasteiger partial charge in [0.25, 0.3) is 0 Å². The molecule has 0 saturated carbocycles. The van der Waals surface area contributed by atoms with Gasteiger partial charge in [0.1, 0.15) is 19.3 Å². The number of H-pyrrole nitrogens is 1. The lowest BCUT2D eigenvalue weighted by molar-refractivity contribution is -0.333. The van der Waals surface area contributed by atoms with Crippen molar-refractivity contribution >= 4 is 24.4 Å². The maximum Gasteiger partial charge on any atom is 0.149 e. The van der Waals surface area contributed by atoms with E-state index in [9.17, 15) is 14.4 Å². The van der Waals surface area contributed by atoms with Crippen LogP contribution in [-0.4, -0.2) is 4.98 Å². The Labute approximate surface area is 127 Å². The minimum Gasteiger partial charge on any atom is -0.780 e. The van der Waals surface area contributed by atoms with E-state index in [-0.39, 0.29) is 5.75 Å². The fourth-order valence-corrected chi connectivity index (χ4v) is 2.22. The van der Waals surface area contributed by atoms with Gasteiger partial charge >= 0.3 is 0 Å². The first-order valence-electron chi connectivity index (χ1n) is 6.51. The average Bonchev–Trinajstić information content (AvgIpc) is 2.84. The van der Waals surface area contributed by atoms with E-state index in [0.29, 0.717) is 5.39 Å². The summed E-state index contributed by atoms with van der Waals surface area (Å²) in [5.74, 6) is 0.0360. The van der Waals surface area contributed by atoms with Gasteiger partial charge in [-0.05, 0) is 31.2 Å². The van der Waals surface area contributed by atoms with Gasteiger partial charge in [-0.3, -0.25) is 0 Å². The van der Waals surface area contributed by atoms with Crippen molar-refractivity contribution in [2.24, 2.45) is 0 Å². The van der Waals surface area contributed by atoms with E-state index in [2.05, 4.69) is 34.3 Å². The summed E-state index contributed by atoms with van der Waals surface area (Å²) in [6.07, 6.45) is 1.34. The number of phosphoric acid groups is 1. The summed E-state index contributed by atoms with van der Waals surface area (Å²) in [5.41, 5.74) is 6.85. The van der Waals surface area contributed by atoms with Crippen LogP contribution >= 0.6 is 7.82 Å². The number of fused-ring (bicyclic) bond motifs is 1. The van der Waals surface area contributed by atoms with Gasteiger partial charge in [0.15, 0.2) is 0 Å². The van der Waals surface area contributed by atoms with Crippen LogP contribution in [0.5, 0.6) is 5.75 Å². The Morgan fingerprint density at radius 2 is 1.73 bits per heavy atom. The Balaban J connectivity index is 0.000000188. The summed E-state index contributed by atoms with van der Waals surface area (Å²) < 4.78 is 14.6. The molecule has 7 heteroatoms. The molecule has 6 nitrogen and oxygen atoms in total. The van der Waals surface area contributed by atoms with Crippen LogP contribution in [0, 0.1) is 6.92 Å². The molecule has 0 fully saturated rings. The molecule has 0 amide bonds. The van der Waals surface area contributed by atoms with Gasteiger partial charge in [0, 0.05) is 17.1 Å². The van der Waals surface area contributed by atoms with Gasteiger partial charge in [-0.15, -0.1) is 0 Å². The van der Waals surface area contributed by atoms with Crippen molar-refractivity contribution in [3.8, 4) is 5.75 Å². The number of rotatable bonds is 2. The highest BCUT2D eigenvalue weighted by molar-refractivity contribution is 7.43. The minimum atomic E-state index is -4.98. The first-order chi connectivity index (χ1) is 10.3. The number of aryl methyl sites for hydroxylation is 1. The first-order valence-corrected chi connectivity index (χ1v) is 7.97. The van der Waals surface area contributed by atoms with Crippen LogP contribution < -0.4 is 20.0 Å². The molecular weight excluding hydrogens is 303 g/mol. The SMILES string of the molecule is Cc1ccc([NH3+])cc1.O=P([O-])([O-])Oc1c[nH]c2ccccc12. The number of nitrogens with one attached hydrogen (secondary N) is 1. The Morgan fingerprint density at radius 3 is 2.32 bits per heavy atom. The molecule has 0 saturated heterocycles. The summed E-state index contributed by atoms with van der Waals surface area (Å²) in [7, 11) is -4.98. The molecule has 0 aliphatic heterocycles. The van der Waals surface area contributed by atoms with Crippen molar-refractivity contribution in [3.05, 3.63) is 60.3 Å². The second kappa shape index (κ2) is 6.77. The van der Waals surface area contributed by atoms with E-state index in [4.69, 9.17) is 0 Å². The van der Waals surface area contributed by atoms with Crippen LogP contribution in [0.1, 0.15) is 5.56 Å². The number of aromatic amines is 1. The zero-order valence-electron chi connectivity index (χ0n) is 12.0. The molecule has 1 aromatic heterocycles. The molecule has 4 N–H and O–H groups in total. The van der Waals surface area contributed by atoms with Gasteiger partial charge in [-0.2, -0.15) is 0 Å². The molecule has 116 valence electrons. The van der Waals surface area contributed by atoms with E-state index < -0.39 is 7.82 Å². The van der Waals surface area contributed by atoms with Crippen LogP contribution in [-0.2, 0) is 4.57 Å². The fourth-order valence-electron chi connectivity index (χ4n) is 1.83. The lowest BCUT2D eigenvalue weighted by Gasteiger charge is -2.28. The lowest BCUT2D eigenvalue weighted by atomic mass is 10.2. The van der Waals surface area contributed by atoms with Gasteiger partial charge in [-0.1, -0.05) is 29.8 Å². The number of quaternary nitrogens is 1. The van der Waals surface area contributed by atoms with E-state index in [0.717, 1.165) is 11.2 Å². The number of phosphoric ester groups is 1. The molecule has 0 atom stereocenters. The molecule has 2 aromatic carbocycles. The Hall–Kier alpha value is -2.11. The van der Waals surface area contributed by atoms with Crippen molar-refractivity contribution in [2.45, 2.75) is 6.92 Å². The molecule has 1 heterocycles. The summed E-state index contributed by atoms with van der Waals surface area (Å²) in [5, 5.41) is 0.569. The highest BCUT2D eigenvalue weighted by Crippen LogP contribution is 2.34. The molecule has 0 bridgehead atoms. The molecule has 3 aromatic rings. The van der Waals surface area contributed by atoms with Gasteiger partial charge < -0.3 is 29.6 Å². The lowest BCUT2D eigenvalue weighted by Crippen LogP contribution is -2.39. The smallest absolute Gasteiger partial charge is 0.149 e. The summed E-state index contributed by atoms with van der Waals surface area (Å²) in [6.45, 7) is 2.07. The minimum absolute atomic E-state index is 0.0360. The van der Waals surface area contributed by atoms with Crippen molar-refractivity contribution in [3.63, 3.8) is 0 Å². The molecule has 3 rings (SSSR count). The highest BCUT2D eigenvalue weighted by atomic mass is 31.2. The maximum atomic E-state index is 10.4. The molecule has 0 radical (unpaired) electrons. The normalized spacial score (nSPS) is 10.9. The van der Waals surface area contributed by atoms with Crippen LogP contribution in [0.25, 0.3) is 10.9 Å². The van der Waals surface area contributed by atoms with E-state index in [1.807, 2.05) is 12.1 Å². The Morgan fingerprint density at radius 1 is 1.09 bits per heavy atom. The van der Waals surface area contributed by atoms with Crippen LogP contribution in [0.4, 0.5) is 5.69 Å². The molecule has 0 spiro atoms. The second-order valence-corrected chi connectivity index (χ2v) is 5.80. The summed E-state index contributed by atoms with van der Waals surface area (Å²) >= 11 is 0. The molecule has 0 unspecified atom stereocenters. The van der Waals surface area contributed by atoms with Crippen molar-refractivity contribution in [1.29, 1.82) is 0 Å². The van der Waals surface area contributed by atoms with Crippen molar-refractivity contribution in [1.82, 2.24) is 4.98 Å². The van der Waals surface area contributed by atoms with Crippen molar-refractivity contribution < 1.29 is 24.6 Å². The summed E-state index contributed by atoms with van der Waals surface area (Å²) in [4.78, 5) is 23.5. The third-order valence-electron chi connectivity index (χ3n) is 2.88. The van der Waals surface area contributed by atoms with E-state index in [1.165, 1.54) is 11.8 Å². The van der Waals surface area contributed by atoms with Crippen LogP contribution in [0.3, 0.4) is 0 Å². The zero-order valence-corrected chi connectivity index (χ0v) is 12.9. The topological polar surface area (TPSA) is 116 Å².